The molecule has 0 saturated carbocycles. The first-order valence-electron chi connectivity index (χ1n) is 6.51. The van der Waals surface area contributed by atoms with Gasteiger partial charge in [-0.3, -0.25) is 9.78 Å². The van der Waals surface area contributed by atoms with E-state index in [4.69, 9.17) is 4.74 Å². The third-order valence-electron chi connectivity index (χ3n) is 3.13. The SMILES string of the molecule is O=C(NCc1ccncc1)c1cccc2c1OCCN2. The molecular weight excluding hydrogens is 254 g/mol. The lowest BCUT2D eigenvalue weighted by Crippen LogP contribution is -2.26. The number of fused-ring (bicyclic) bond motifs is 1. The number of nitrogens with zero attached hydrogens (tertiary/aromatic N) is 1. The summed E-state index contributed by atoms with van der Waals surface area (Å²) >= 11 is 0. The fourth-order valence-electron chi connectivity index (χ4n) is 2.13. The summed E-state index contributed by atoms with van der Waals surface area (Å²) in [6.07, 6.45) is 3.41. The van der Waals surface area contributed by atoms with Gasteiger partial charge < -0.3 is 15.4 Å². The summed E-state index contributed by atoms with van der Waals surface area (Å²) in [5.41, 5.74) is 2.44. The van der Waals surface area contributed by atoms with E-state index >= 15 is 0 Å². The van der Waals surface area contributed by atoms with Crippen molar-refractivity contribution in [3.05, 3.63) is 53.9 Å². The number of carbonyl (C=O) groups is 1. The number of carbonyl (C=O) groups excluding carboxylic acids is 1. The lowest BCUT2D eigenvalue weighted by Gasteiger charge is -2.21. The molecule has 2 heterocycles. The topological polar surface area (TPSA) is 63.2 Å². The summed E-state index contributed by atoms with van der Waals surface area (Å²) in [4.78, 5) is 16.2. The molecule has 5 heteroatoms. The van der Waals surface area contributed by atoms with Crippen LogP contribution in [0.1, 0.15) is 15.9 Å². The Morgan fingerprint density at radius 2 is 2.15 bits per heavy atom. The van der Waals surface area contributed by atoms with Crippen molar-refractivity contribution < 1.29 is 9.53 Å². The van der Waals surface area contributed by atoms with E-state index in [1.165, 1.54) is 0 Å². The van der Waals surface area contributed by atoms with E-state index in [0.717, 1.165) is 17.8 Å². The van der Waals surface area contributed by atoms with Gasteiger partial charge in [0.15, 0.2) is 5.75 Å². The molecule has 102 valence electrons. The largest absolute Gasteiger partial charge is 0.489 e. The molecule has 0 radical (unpaired) electrons. The van der Waals surface area contributed by atoms with Crippen LogP contribution in [0.5, 0.6) is 5.75 Å². The number of pyridine rings is 1. The Morgan fingerprint density at radius 3 is 3.00 bits per heavy atom. The van der Waals surface area contributed by atoms with Crippen molar-refractivity contribution in [1.29, 1.82) is 0 Å². The summed E-state index contributed by atoms with van der Waals surface area (Å²) < 4.78 is 5.59. The highest BCUT2D eigenvalue weighted by Crippen LogP contribution is 2.31. The highest BCUT2D eigenvalue weighted by atomic mass is 16.5. The van der Waals surface area contributed by atoms with Crippen LogP contribution in [-0.2, 0) is 6.54 Å². The third-order valence-corrected chi connectivity index (χ3v) is 3.13. The number of ether oxygens (including phenoxy) is 1. The molecule has 0 aliphatic carbocycles. The fraction of sp³-hybridized carbons (Fsp3) is 0.200. The molecule has 1 aromatic carbocycles. The van der Waals surface area contributed by atoms with Gasteiger partial charge in [0.25, 0.3) is 5.91 Å². The van der Waals surface area contributed by atoms with Crippen molar-refractivity contribution >= 4 is 11.6 Å². The number of nitrogens with one attached hydrogen (secondary N) is 2. The first kappa shape index (κ1) is 12.5. The predicted molar refractivity (Wildman–Crippen MR) is 75.8 cm³/mol. The number of para-hydroxylation sites is 1. The number of amides is 1. The van der Waals surface area contributed by atoms with E-state index in [1.807, 2.05) is 24.3 Å². The van der Waals surface area contributed by atoms with Crippen molar-refractivity contribution in [3.63, 3.8) is 0 Å². The van der Waals surface area contributed by atoms with E-state index in [-0.39, 0.29) is 5.91 Å². The lowest BCUT2D eigenvalue weighted by molar-refractivity contribution is 0.0947. The zero-order valence-corrected chi connectivity index (χ0v) is 10.9. The maximum absolute atomic E-state index is 12.3. The predicted octanol–water partition coefficient (Wildman–Crippen LogP) is 1.82. The minimum absolute atomic E-state index is 0.137. The molecule has 0 atom stereocenters. The molecule has 2 N–H and O–H groups in total. The minimum Gasteiger partial charge on any atom is -0.489 e. The van der Waals surface area contributed by atoms with Gasteiger partial charge in [-0.2, -0.15) is 0 Å². The maximum atomic E-state index is 12.3. The van der Waals surface area contributed by atoms with Gasteiger partial charge in [-0.25, -0.2) is 0 Å². The highest BCUT2D eigenvalue weighted by Gasteiger charge is 2.18. The Balaban J connectivity index is 1.74. The van der Waals surface area contributed by atoms with Crippen molar-refractivity contribution in [2.75, 3.05) is 18.5 Å². The fourth-order valence-corrected chi connectivity index (χ4v) is 2.13. The molecule has 1 amide bonds. The monoisotopic (exact) mass is 269 g/mol. The third kappa shape index (κ3) is 2.56. The Hall–Kier alpha value is -2.56. The summed E-state index contributed by atoms with van der Waals surface area (Å²) in [5.74, 6) is 0.494. The minimum atomic E-state index is -0.137. The van der Waals surface area contributed by atoms with Crippen LogP contribution in [0, 0.1) is 0 Å². The van der Waals surface area contributed by atoms with Crippen LogP contribution in [0.3, 0.4) is 0 Å². The normalized spacial score (nSPS) is 12.8. The Bertz CT molecular complexity index is 614. The van der Waals surface area contributed by atoms with Crippen LogP contribution in [0.4, 0.5) is 5.69 Å². The van der Waals surface area contributed by atoms with Crippen molar-refractivity contribution in [2.45, 2.75) is 6.54 Å². The standard InChI is InChI=1S/C15H15N3O2/c19-15(18-10-11-4-6-16-7-5-11)12-2-1-3-13-14(12)20-9-8-17-13/h1-7,17H,8-10H2,(H,18,19). The Kier molecular flexibility index (Phi) is 3.50. The average Bonchev–Trinajstić information content (AvgIpc) is 2.53. The number of anilines is 1. The second-order valence-electron chi connectivity index (χ2n) is 4.50. The molecule has 1 aromatic heterocycles. The zero-order chi connectivity index (χ0) is 13.8. The summed E-state index contributed by atoms with van der Waals surface area (Å²) in [6.45, 7) is 1.80. The molecule has 0 saturated heterocycles. The molecule has 5 nitrogen and oxygen atoms in total. The van der Waals surface area contributed by atoms with Crippen LogP contribution in [0.15, 0.2) is 42.7 Å². The van der Waals surface area contributed by atoms with Gasteiger partial charge in [0.05, 0.1) is 11.3 Å². The summed E-state index contributed by atoms with van der Waals surface area (Å²) in [7, 11) is 0. The molecule has 1 aliphatic heterocycles. The first-order chi connectivity index (χ1) is 9.84. The summed E-state index contributed by atoms with van der Waals surface area (Å²) in [6, 6.07) is 9.28. The van der Waals surface area contributed by atoms with E-state index in [9.17, 15) is 4.79 Å². The maximum Gasteiger partial charge on any atom is 0.255 e. The molecule has 1 aliphatic rings. The lowest BCUT2D eigenvalue weighted by atomic mass is 10.1. The molecule has 3 rings (SSSR count). The molecule has 0 spiro atoms. The smallest absolute Gasteiger partial charge is 0.255 e. The quantitative estimate of drug-likeness (QED) is 0.892. The van der Waals surface area contributed by atoms with Crippen LogP contribution in [0.2, 0.25) is 0 Å². The summed E-state index contributed by atoms with van der Waals surface area (Å²) in [5, 5.41) is 6.11. The van der Waals surface area contributed by atoms with Crippen molar-refractivity contribution in [1.82, 2.24) is 10.3 Å². The molecule has 0 bridgehead atoms. The Labute approximate surface area is 117 Å². The van der Waals surface area contributed by atoms with Gasteiger partial charge in [0.2, 0.25) is 0 Å². The van der Waals surface area contributed by atoms with Gasteiger partial charge in [0.1, 0.15) is 6.61 Å². The molecule has 2 aromatic rings. The van der Waals surface area contributed by atoms with Gasteiger partial charge in [-0.1, -0.05) is 6.07 Å². The number of hydrogen-bond donors (Lipinski definition) is 2. The van der Waals surface area contributed by atoms with Gasteiger partial charge in [0, 0.05) is 25.5 Å². The van der Waals surface area contributed by atoms with Crippen LogP contribution >= 0.6 is 0 Å². The second kappa shape index (κ2) is 5.61. The van der Waals surface area contributed by atoms with Gasteiger partial charge in [-0.15, -0.1) is 0 Å². The van der Waals surface area contributed by atoms with Crippen LogP contribution in [-0.4, -0.2) is 24.0 Å². The van der Waals surface area contributed by atoms with Gasteiger partial charge >= 0.3 is 0 Å². The zero-order valence-electron chi connectivity index (χ0n) is 10.9. The van der Waals surface area contributed by atoms with E-state index < -0.39 is 0 Å². The molecule has 20 heavy (non-hydrogen) atoms. The van der Waals surface area contributed by atoms with E-state index in [2.05, 4.69) is 15.6 Å². The number of benzene rings is 1. The molecule has 0 fully saturated rings. The Morgan fingerprint density at radius 1 is 1.30 bits per heavy atom. The second-order valence-corrected chi connectivity index (χ2v) is 4.50. The number of rotatable bonds is 3. The van der Waals surface area contributed by atoms with Crippen molar-refractivity contribution in [3.8, 4) is 5.75 Å². The van der Waals surface area contributed by atoms with Crippen LogP contribution < -0.4 is 15.4 Å². The van der Waals surface area contributed by atoms with Gasteiger partial charge in [-0.05, 0) is 29.8 Å². The first-order valence-corrected chi connectivity index (χ1v) is 6.51. The van der Waals surface area contributed by atoms with E-state index in [0.29, 0.717) is 24.5 Å². The van der Waals surface area contributed by atoms with Crippen LogP contribution in [0.25, 0.3) is 0 Å². The number of hydrogen-bond acceptors (Lipinski definition) is 4. The van der Waals surface area contributed by atoms with E-state index in [1.54, 1.807) is 18.5 Å². The average molecular weight is 269 g/mol. The molecule has 0 unspecified atom stereocenters. The van der Waals surface area contributed by atoms with Crippen molar-refractivity contribution in [2.24, 2.45) is 0 Å². The number of aromatic nitrogens is 1. The highest BCUT2D eigenvalue weighted by molar-refractivity contribution is 5.98. The molecular formula is C15H15N3O2.